The Morgan fingerprint density at radius 1 is 1.69 bits per heavy atom. The molecule has 1 aromatic heterocycles. The summed E-state index contributed by atoms with van der Waals surface area (Å²) in [7, 11) is 3.45. The minimum atomic E-state index is -0.0696. The highest BCUT2D eigenvalue weighted by Crippen LogP contribution is 2.20. The van der Waals surface area contributed by atoms with E-state index in [2.05, 4.69) is 15.6 Å². The van der Waals surface area contributed by atoms with Crippen molar-refractivity contribution in [1.29, 1.82) is 0 Å². The highest BCUT2D eigenvalue weighted by molar-refractivity contribution is 7.13. The molecule has 16 heavy (non-hydrogen) atoms. The van der Waals surface area contributed by atoms with Crippen LogP contribution >= 0.6 is 11.3 Å². The van der Waals surface area contributed by atoms with Gasteiger partial charge in [-0.05, 0) is 14.0 Å². The third-order valence-corrected chi connectivity index (χ3v) is 2.95. The van der Waals surface area contributed by atoms with Crippen LogP contribution < -0.4 is 10.6 Å². The third kappa shape index (κ3) is 3.88. The smallest absolute Gasteiger partial charge is 0.228 e. The van der Waals surface area contributed by atoms with E-state index in [0.29, 0.717) is 18.2 Å². The molecule has 0 bridgehead atoms. The number of hydrogen-bond acceptors (Lipinski definition) is 5. The lowest BCUT2D eigenvalue weighted by atomic mass is 10.3. The molecule has 0 aliphatic carbocycles. The molecule has 0 spiro atoms. The molecule has 1 heterocycles. The Hall–Kier alpha value is -0.980. The van der Waals surface area contributed by atoms with Gasteiger partial charge in [0.1, 0.15) is 0 Å². The molecule has 0 aliphatic heterocycles. The van der Waals surface area contributed by atoms with Crippen LogP contribution in [0.5, 0.6) is 0 Å². The van der Waals surface area contributed by atoms with Crippen LogP contribution in [0.1, 0.15) is 25.1 Å². The monoisotopic (exact) mass is 243 g/mol. The molecule has 6 heteroatoms. The Bertz CT molecular complexity index is 341. The van der Waals surface area contributed by atoms with E-state index in [4.69, 9.17) is 4.74 Å². The summed E-state index contributed by atoms with van der Waals surface area (Å²) in [6.45, 7) is 2.45. The number of hydrogen-bond donors (Lipinski definition) is 2. The minimum Gasteiger partial charge on any atom is -0.384 e. The number of aromatic nitrogens is 1. The van der Waals surface area contributed by atoms with E-state index in [-0.39, 0.29) is 11.9 Å². The molecular formula is C10H17N3O2S. The second-order valence-corrected chi connectivity index (χ2v) is 4.24. The SMILES string of the molecule is CNC(C)c1csc(NC(=O)CCOC)n1. The van der Waals surface area contributed by atoms with Gasteiger partial charge in [-0.15, -0.1) is 11.3 Å². The predicted molar refractivity (Wildman–Crippen MR) is 64.7 cm³/mol. The number of ether oxygens (including phenoxy) is 1. The van der Waals surface area contributed by atoms with E-state index in [1.165, 1.54) is 11.3 Å². The lowest BCUT2D eigenvalue weighted by molar-refractivity contribution is -0.117. The van der Waals surface area contributed by atoms with Crippen molar-refractivity contribution in [3.05, 3.63) is 11.1 Å². The normalized spacial score (nSPS) is 12.4. The van der Waals surface area contributed by atoms with E-state index in [1.54, 1.807) is 7.11 Å². The minimum absolute atomic E-state index is 0.0696. The van der Waals surface area contributed by atoms with Gasteiger partial charge in [-0.25, -0.2) is 4.98 Å². The maximum atomic E-state index is 11.4. The van der Waals surface area contributed by atoms with E-state index in [0.717, 1.165) is 5.69 Å². The molecule has 2 N–H and O–H groups in total. The summed E-state index contributed by atoms with van der Waals surface area (Å²) in [6, 6.07) is 0.195. The van der Waals surface area contributed by atoms with Crippen LogP contribution in [0.2, 0.25) is 0 Å². The fraction of sp³-hybridized carbons (Fsp3) is 0.600. The van der Waals surface area contributed by atoms with E-state index in [9.17, 15) is 4.79 Å². The summed E-state index contributed by atoms with van der Waals surface area (Å²) < 4.78 is 4.82. The van der Waals surface area contributed by atoms with Crippen molar-refractivity contribution in [3.8, 4) is 0 Å². The fourth-order valence-corrected chi connectivity index (χ4v) is 1.89. The third-order valence-electron chi connectivity index (χ3n) is 2.18. The zero-order valence-electron chi connectivity index (χ0n) is 9.74. The Morgan fingerprint density at radius 3 is 3.06 bits per heavy atom. The topological polar surface area (TPSA) is 63.2 Å². The molecule has 0 fully saturated rings. The first-order chi connectivity index (χ1) is 7.67. The number of carbonyl (C=O) groups excluding carboxylic acids is 1. The lowest BCUT2D eigenvalue weighted by Gasteiger charge is -2.05. The van der Waals surface area contributed by atoms with Gasteiger partial charge in [-0.2, -0.15) is 0 Å². The molecule has 90 valence electrons. The summed E-state index contributed by atoms with van der Waals surface area (Å²) in [4.78, 5) is 15.7. The van der Waals surface area contributed by atoms with Gasteiger partial charge in [0, 0.05) is 18.5 Å². The Labute approximate surface area is 99.2 Å². The Balaban J connectivity index is 2.48. The van der Waals surface area contributed by atoms with Gasteiger partial charge in [0.05, 0.1) is 18.7 Å². The van der Waals surface area contributed by atoms with Gasteiger partial charge in [0.15, 0.2) is 5.13 Å². The largest absolute Gasteiger partial charge is 0.384 e. The average Bonchev–Trinajstić information content (AvgIpc) is 2.73. The standard InChI is InChI=1S/C10H17N3O2S/c1-7(11-2)8-6-16-10(12-8)13-9(14)4-5-15-3/h6-7,11H,4-5H2,1-3H3,(H,12,13,14). The van der Waals surface area contributed by atoms with Gasteiger partial charge in [-0.3, -0.25) is 4.79 Å². The highest BCUT2D eigenvalue weighted by atomic mass is 32.1. The van der Waals surface area contributed by atoms with Crippen LogP contribution in [0, 0.1) is 0 Å². The quantitative estimate of drug-likeness (QED) is 0.792. The van der Waals surface area contributed by atoms with E-state index >= 15 is 0 Å². The summed E-state index contributed by atoms with van der Waals surface area (Å²) in [5, 5.41) is 8.41. The van der Waals surface area contributed by atoms with E-state index < -0.39 is 0 Å². The molecule has 5 nitrogen and oxygen atoms in total. The van der Waals surface area contributed by atoms with Crippen molar-refractivity contribution >= 4 is 22.4 Å². The molecule has 1 amide bonds. The predicted octanol–water partition coefficient (Wildman–Crippen LogP) is 1.40. The van der Waals surface area contributed by atoms with Crippen LogP contribution in [0.3, 0.4) is 0 Å². The van der Waals surface area contributed by atoms with Gasteiger partial charge in [0.2, 0.25) is 5.91 Å². The molecule has 1 unspecified atom stereocenters. The molecular weight excluding hydrogens is 226 g/mol. The number of amides is 1. The Kier molecular flexibility index (Phi) is 5.37. The van der Waals surface area contributed by atoms with Crippen molar-refractivity contribution in [2.75, 3.05) is 26.1 Å². The number of rotatable bonds is 6. The van der Waals surface area contributed by atoms with Gasteiger partial charge in [-0.1, -0.05) is 0 Å². The summed E-state index contributed by atoms with van der Waals surface area (Å²) in [6.07, 6.45) is 0.354. The number of nitrogens with one attached hydrogen (secondary N) is 2. The van der Waals surface area contributed by atoms with Crippen LogP contribution in [0.4, 0.5) is 5.13 Å². The number of nitrogens with zero attached hydrogens (tertiary/aromatic N) is 1. The number of thiazole rings is 1. The van der Waals surface area contributed by atoms with Crippen molar-refractivity contribution < 1.29 is 9.53 Å². The molecule has 0 radical (unpaired) electrons. The maximum absolute atomic E-state index is 11.4. The number of methoxy groups -OCH3 is 1. The average molecular weight is 243 g/mol. The highest BCUT2D eigenvalue weighted by Gasteiger charge is 2.09. The zero-order chi connectivity index (χ0) is 12.0. The van der Waals surface area contributed by atoms with E-state index in [1.807, 2.05) is 19.4 Å². The van der Waals surface area contributed by atoms with Crippen molar-refractivity contribution in [1.82, 2.24) is 10.3 Å². The molecule has 0 saturated heterocycles. The van der Waals surface area contributed by atoms with Crippen LogP contribution in [-0.4, -0.2) is 31.7 Å². The first kappa shape index (κ1) is 13.1. The summed E-state index contributed by atoms with van der Waals surface area (Å²) in [5.74, 6) is -0.0696. The van der Waals surface area contributed by atoms with Gasteiger partial charge >= 0.3 is 0 Å². The Morgan fingerprint density at radius 2 is 2.44 bits per heavy atom. The van der Waals surface area contributed by atoms with Crippen molar-refractivity contribution in [3.63, 3.8) is 0 Å². The first-order valence-electron chi connectivity index (χ1n) is 5.09. The summed E-state index contributed by atoms with van der Waals surface area (Å²) >= 11 is 1.43. The summed E-state index contributed by atoms with van der Waals surface area (Å²) in [5.41, 5.74) is 0.939. The van der Waals surface area contributed by atoms with Crippen LogP contribution in [0.25, 0.3) is 0 Å². The number of anilines is 1. The molecule has 0 aromatic carbocycles. The van der Waals surface area contributed by atoms with Gasteiger partial charge < -0.3 is 15.4 Å². The molecule has 0 saturated carbocycles. The molecule has 1 atom stereocenters. The van der Waals surface area contributed by atoms with Crippen molar-refractivity contribution in [2.45, 2.75) is 19.4 Å². The molecule has 0 aliphatic rings. The second-order valence-electron chi connectivity index (χ2n) is 3.38. The van der Waals surface area contributed by atoms with Crippen LogP contribution in [0.15, 0.2) is 5.38 Å². The fourth-order valence-electron chi connectivity index (χ4n) is 1.07. The maximum Gasteiger partial charge on any atom is 0.228 e. The van der Waals surface area contributed by atoms with Crippen LogP contribution in [-0.2, 0) is 9.53 Å². The molecule has 1 aromatic rings. The van der Waals surface area contributed by atoms with Crippen molar-refractivity contribution in [2.24, 2.45) is 0 Å². The lowest BCUT2D eigenvalue weighted by Crippen LogP contribution is -2.15. The first-order valence-corrected chi connectivity index (χ1v) is 5.96. The number of carbonyl (C=O) groups is 1. The second kappa shape index (κ2) is 6.57. The molecule has 1 rings (SSSR count). The van der Waals surface area contributed by atoms with Gasteiger partial charge in [0.25, 0.3) is 0 Å². The zero-order valence-corrected chi connectivity index (χ0v) is 10.6.